The fraction of sp³-hybridized carbons (Fsp3) is 0.462. The van der Waals surface area contributed by atoms with Gasteiger partial charge < -0.3 is 15.5 Å². The van der Waals surface area contributed by atoms with E-state index in [0.29, 0.717) is 13.0 Å². The number of amides is 2. The zero-order chi connectivity index (χ0) is 15.3. The highest BCUT2D eigenvalue weighted by molar-refractivity contribution is 7.89. The maximum absolute atomic E-state index is 11.9. The van der Waals surface area contributed by atoms with Crippen molar-refractivity contribution >= 4 is 16.1 Å². The lowest BCUT2D eigenvalue weighted by Crippen LogP contribution is -2.50. The van der Waals surface area contributed by atoms with Crippen LogP contribution in [0.4, 0.5) is 4.79 Å². The van der Waals surface area contributed by atoms with E-state index in [2.05, 4.69) is 10.6 Å². The summed E-state index contributed by atoms with van der Waals surface area (Å²) in [4.78, 5) is 13.7. The quantitative estimate of drug-likeness (QED) is 0.696. The van der Waals surface area contributed by atoms with Crippen molar-refractivity contribution in [2.45, 2.75) is 11.3 Å². The van der Waals surface area contributed by atoms with Gasteiger partial charge in [-0.25, -0.2) is 18.4 Å². The molecule has 7 nitrogen and oxygen atoms in total. The molecule has 1 aromatic rings. The molecule has 1 saturated heterocycles. The van der Waals surface area contributed by atoms with Gasteiger partial charge >= 0.3 is 6.03 Å². The lowest BCUT2D eigenvalue weighted by atomic mass is 10.1. The van der Waals surface area contributed by atoms with E-state index in [0.717, 1.165) is 31.7 Å². The highest BCUT2D eigenvalue weighted by Crippen LogP contribution is 2.08. The zero-order valence-electron chi connectivity index (χ0n) is 11.7. The van der Waals surface area contributed by atoms with E-state index in [-0.39, 0.29) is 10.9 Å². The van der Waals surface area contributed by atoms with Crippen LogP contribution in [0, 0.1) is 0 Å². The molecular weight excluding hydrogens is 292 g/mol. The van der Waals surface area contributed by atoms with Crippen molar-refractivity contribution in [3.05, 3.63) is 29.8 Å². The molecule has 1 aliphatic rings. The van der Waals surface area contributed by atoms with Crippen LogP contribution < -0.4 is 15.8 Å². The lowest BCUT2D eigenvalue weighted by Gasteiger charge is -2.27. The molecule has 1 fully saturated rings. The molecule has 0 bridgehead atoms. The van der Waals surface area contributed by atoms with E-state index in [1.54, 1.807) is 17.0 Å². The van der Waals surface area contributed by atoms with Crippen molar-refractivity contribution in [3.8, 4) is 0 Å². The Labute approximate surface area is 124 Å². The Hall–Kier alpha value is -1.64. The number of hydrogen-bond acceptors (Lipinski definition) is 4. The molecule has 21 heavy (non-hydrogen) atoms. The number of benzene rings is 1. The Morgan fingerprint density at radius 3 is 2.43 bits per heavy atom. The number of nitrogens with zero attached hydrogens (tertiary/aromatic N) is 1. The number of rotatable bonds is 4. The molecule has 116 valence electrons. The third kappa shape index (κ3) is 4.69. The minimum absolute atomic E-state index is 0.0577. The monoisotopic (exact) mass is 312 g/mol. The molecule has 0 unspecified atom stereocenters. The number of nitrogens with one attached hydrogen (secondary N) is 2. The van der Waals surface area contributed by atoms with Gasteiger partial charge in [0.25, 0.3) is 0 Å². The Kier molecular flexibility index (Phi) is 5.16. The zero-order valence-corrected chi connectivity index (χ0v) is 12.5. The van der Waals surface area contributed by atoms with Gasteiger partial charge in [-0.1, -0.05) is 12.1 Å². The molecule has 1 aromatic carbocycles. The van der Waals surface area contributed by atoms with Crippen LogP contribution in [0.5, 0.6) is 0 Å². The van der Waals surface area contributed by atoms with Gasteiger partial charge in [0.2, 0.25) is 10.0 Å². The van der Waals surface area contributed by atoms with Crippen LogP contribution in [-0.2, 0) is 16.4 Å². The number of carbonyl (C=O) groups excluding carboxylic acids is 1. The molecule has 0 spiro atoms. The van der Waals surface area contributed by atoms with Crippen LogP contribution >= 0.6 is 0 Å². The summed E-state index contributed by atoms with van der Waals surface area (Å²) in [5, 5.41) is 11.1. The van der Waals surface area contributed by atoms with Gasteiger partial charge in [0.1, 0.15) is 0 Å². The number of urea groups is 1. The standard InChI is InChI=1S/C13H20N4O3S/c14-21(19,20)12-3-1-11(2-4-12)5-6-16-13(18)17-9-7-15-8-10-17/h1-4,15H,5-10H2,(H,16,18)(H2,14,19,20). The van der Waals surface area contributed by atoms with Crippen LogP contribution in [-0.4, -0.2) is 52.1 Å². The number of hydrogen-bond donors (Lipinski definition) is 3. The maximum Gasteiger partial charge on any atom is 0.317 e. The van der Waals surface area contributed by atoms with Crippen molar-refractivity contribution in [2.24, 2.45) is 5.14 Å². The van der Waals surface area contributed by atoms with Gasteiger partial charge in [0, 0.05) is 32.7 Å². The first kappa shape index (κ1) is 15.7. The second-order valence-corrected chi connectivity index (χ2v) is 6.47. The van der Waals surface area contributed by atoms with Crippen LogP contribution in [0.15, 0.2) is 29.2 Å². The molecule has 0 aliphatic carbocycles. The Morgan fingerprint density at radius 1 is 1.24 bits per heavy atom. The molecule has 0 saturated carbocycles. The number of sulfonamides is 1. The third-order valence-corrected chi connectivity index (χ3v) is 4.28. The largest absolute Gasteiger partial charge is 0.338 e. The topological polar surface area (TPSA) is 105 Å². The summed E-state index contributed by atoms with van der Waals surface area (Å²) in [6, 6.07) is 6.30. The van der Waals surface area contributed by atoms with Crippen molar-refractivity contribution < 1.29 is 13.2 Å². The summed E-state index contributed by atoms with van der Waals surface area (Å²) in [6.07, 6.45) is 0.642. The van der Waals surface area contributed by atoms with Crippen LogP contribution in [0.25, 0.3) is 0 Å². The molecule has 1 heterocycles. The Morgan fingerprint density at radius 2 is 1.86 bits per heavy atom. The van der Waals surface area contributed by atoms with Crippen LogP contribution in [0.1, 0.15) is 5.56 Å². The highest BCUT2D eigenvalue weighted by atomic mass is 32.2. The fourth-order valence-corrected chi connectivity index (χ4v) is 2.65. The van der Waals surface area contributed by atoms with Crippen LogP contribution in [0.2, 0.25) is 0 Å². The normalized spacial score (nSPS) is 15.8. The average molecular weight is 312 g/mol. The van der Waals surface area contributed by atoms with Crippen LogP contribution in [0.3, 0.4) is 0 Å². The summed E-state index contributed by atoms with van der Waals surface area (Å²) in [7, 11) is -3.65. The van der Waals surface area contributed by atoms with Gasteiger partial charge in [0.15, 0.2) is 0 Å². The molecule has 0 atom stereocenters. The molecule has 1 aliphatic heterocycles. The molecule has 0 radical (unpaired) electrons. The minimum Gasteiger partial charge on any atom is -0.338 e. The Bertz CT molecular complexity index is 580. The Balaban J connectivity index is 1.79. The highest BCUT2D eigenvalue weighted by Gasteiger charge is 2.15. The number of nitrogens with two attached hydrogens (primary N) is 1. The molecule has 2 amide bonds. The first-order valence-corrected chi connectivity index (χ1v) is 8.37. The van der Waals surface area contributed by atoms with E-state index < -0.39 is 10.0 Å². The van der Waals surface area contributed by atoms with Gasteiger partial charge in [-0.05, 0) is 24.1 Å². The molecule has 0 aromatic heterocycles. The van der Waals surface area contributed by atoms with E-state index in [9.17, 15) is 13.2 Å². The summed E-state index contributed by atoms with van der Waals surface area (Å²) in [5.41, 5.74) is 0.947. The fourth-order valence-electron chi connectivity index (χ4n) is 2.14. The van der Waals surface area contributed by atoms with Gasteiger partial charge in [-0.3, -0.25) is 0 Å². The smallest absolute Gasteiger partial charge is 0.317 e. The van der Waals surface area contributed by atoms with Crippen molar-refractivity contribution in [3.63, 3.8) is 0 Å². The molecule has 8 heteroatoms. The van der Waals surface area contributed by atoms with E-state index in [4.69, 9.17) is 5.14 Å². The summed E-state index contributed by atoms with van der Waals surface area (Å²) in [6.45, 7) is 3.59. The van der Waals surface area contributed by atoms with Crippen molar-refractivity contribution in [2.75, 3.05) is 32.7 Å². The predicted molar refractivity (Wildman–Crippen MR) is 79.4 cm³/mol. The summed E-state index contributed by atoms with van der Waals surface area (Å²) < 4.78 is 22.3. The maximum atomic E-state index is 11.9. The summed E-state index contributed by atoms with van der Waals surface area (Å²) >= 11 is 0. The summed E-state index contributed by atoms with van der Waals surface area (Å²) in [5.74, 6) is 0. The van der Waals surface area contributed by atoms with Gasteiger partial charge in [0.05, 0.1) is 4.90 Å². The SMILES string of the molecule is NS(=O)(=O)c1ccc(CCNC(=O)N2CCNCC2)cc1. The van der Waals surface area contributed by atoms with Gasteiger partial charge in [-0.2, -0.15) is 0 Å². The van der Waals surface area contributed by atoms with E-state index in [1.807, 2.05) is 0 Å². The first-order valence-electron chi connectivity index (χ1n) is 6.82. The van der Waals surface area contributed by atoms with Gasteiger partial charge in [-0.15, -0.1) is 0 Å². The molecular formula is C13H20N4O3S. The second-order valence-electron chi connectivity index (χ2n) is 4.91. The first-order chi connectivity index (χ1) is 9.97. The van der Waals surface area contributed by atoms with Crippen molar-refractivity contribution in [1.29, 1.82) is 0 Å². The van der Waals surface area contributed by atoms with E-state index in [1.165, 1.54) is 12.1 Å². The number of carbonyl (C=O) groups is 1. The minimum atomic E-state index is -3.65. The second kappa shape index (κ2) is 6.88. The lowest BCUT2D eigenvalue weighted by molar-refractivity contribution is 0.190. The van der Waals surface area contributed by atoms with Crippen molar-refractivity contribution in [1.82, 2.24) is 15.5 Å². The molecule has 4 N–H and O–H groups in total. The number of piperazine rings is 1. The number of primary sulfonamides is 1. The van der Waals surface area contributed by atoms with E-state index >= 15 is 0 Å². The predicted octanol–water partition coefficient (Wildman–Crippen LogP) is -0.509. The average Bonchev–Trinajstić information content (AvgIpc) is 2.47. The third-order valence-electron chi connectivity index (χ3n) is 3.35. The molecule has 2 rings (SSSR count).